The van der Waals surface area contributed by atoms with Crippen LogP contribution in [0.15, 0.2) is 67.5 Å². The highest BCUT2D eigenvalue weighted by Gasteiger charge is 2.31. The Balaban J connectivity index is 1.18. The van der Waals surface area contributed by atoms with Gasteiger partial charge in [0.2, 0.25) is 5.91 Å². The molecule has 7 nitrogen and oxygen atoms in total. The minimum atomic E-state index is -4.52. The van der Waals surface area contributed by atoms with E-state index >= 15 is 0 Å². The molecule has 1 saturated carbocycles. The Morgan fingerprint density at radius 3 is 2.40 bits per heavy atom. The Labute approximate surface area is 199 Å². The first-order valence-electron chi connectivity index (χ1n) is 11.1. The molecule has 1 aliphatic carbocycles. The van der Waals surface area contributed by atoms with Crippen molar-refractivity contribution in [2.24, 2.45) is 0 Å². The summed E-state index contributed by atoms with van der Waals surface area (Å²) in [7, 11) is 0. The number of amides is 1. The average molecular weight is 478 g/mol. The van der Waals surface area contributed by atoms with Crippen molar-refractivity contribution >= 4 is 11.6 Å². The third-order valence-corrected chi connectivity index (χ3v) is 5.64. The van der Waals surface area contributed by atoms with Crippen LogP contribution in [0.1, 0.15) is 41.4 Å². The summed E-state index contributed by atoms with van der Waals surface area (Å²) in [6.45, 7) is 0. The molecule has 10 heteroatoms. The SMILES string of the molecule is O=C(Cc1ccc(-c2cnc(Cc3cnn(C4CC4)c3)nc2)cc1)Nc1cncc(C(F)(F)F)c1. The van der Waals surface area contributed by atoms with E-state index in [-0.39, 0.29) is 12.1 Å². The summed E-state index contributed by atoms with van der Waals surface area (Å²) in [6, 6.07) is 8.69. The lowest BCUT2D eigenvalue weighted by Crippen LogP contribution is -2.15. The minimum Gasteiger partial charge on any atom is -0.324 e. The molecule has 0 unspecified atom stereocenters. The molecule has 1 aromatic carbocycles. The number of alkyl halides is 3. The minimum absolute atomic E-state index is 0.00132. The van der Waals surface area contributed by atoms with Crippen LogP contribution in [-0.2, 0) is 23.8 Å². The maximum absolute atomic E-state index is 12.8. The lowest BCUT2D eigenvalue weighted by atomic mass is 10.0. The first-order valence-corrected chi connectivity index (χ1v) is 11.1. The molecule has 178 valence electrons. The molecule has 1 amide bonds. The molecule has 0 radical (unpaired) electrons. The number of hydrogen-bond acceptors (Lipinski definition) is 5. The second kappa shape index (κ2) is 9.28. The van der Waals surface area contributed by atoms with E-state index in [4.69, 9.17) is 0 Å². The van der Waals surface area contributed by atoms with Gasteiger partial charge in [-0.05, 0) is 35.6 Å². The van der Waals surface area contributed by atoms with Crippen LogP contribution in [0.25, 0.3) is 11.1 Å². The zero-order valence-corrected chi connectivity index (χ0v) is 18.5. The van der Waals surface area contributed by atoms with Crippen molar-refractivity contribution in [1.29, 1.82) is 0 Å². The lowest BCUT2D eigenvalue weighted by Gasteiger charge is -2.09. The van der Waals surface area contributed by atoms with Crippen LogP contribution in [0.3, 0.4) is 0 Å². The van der Waals surface area contributed by atoms with Crippen LogP contribution in [0, 0.1) is 0 Å². The quantitative estimate of drug-likeness (QED) is 0.410. The van der Waals surface area contributed by atoms with E-state index in [2.05, 4.69) is 25.4 Å². The highest BCUT2D eigenvalue weighted by atomic mass is 19.4. The molecule has 1 aliphatic rings. The molecule has 0 bridgehead atoms. The van der Waals surface area contributed by atoms with Crippen molar-refractivity contribution in [3.63, 3.8) is 0 Å². The number of benzene rings is 1. The Bertz CT molecular complexity index is 1330. The van der Waals surface area contributed by atoms with Crippen LogP contribution in [0.2, 0.25) is 0 Å². The number of nitrogens with zero attached hydrogens (tertiary/aromatic N) is 5. The molecule has 3 aromatic heterocycles. The molecule has 1 fully saturated rings. The van der Waals surface area contributed by atoms with Crippen LogP contribution in [-0.4, -0.2) is 30.6 Å². The number of pyridine rings is 1. The molecule has 3 heterocycles. The van der Waals surface area contributed by atoms with Gasteiger partial charge in [0.25, 0.3) is 0 Å². The van der Waals surface area contributed by atoms with Gasteiger partial charge in [0.1, 0.15) is 5.82 Å². The van der Waals surface area contributed by atoms with E-state index in [0.29, 0.717) is 24.5 Å². The van der Waals surface area contributed by atoms with Gasteiger partial charge in [-0.2, -0.15) is 18.3 Å². The van der Waals surface area contributed by atoms with E-state index in [1.807, 2.05) is 29.2 Å². The van der Waals surface area contributed by atoms with E-state index in [1.165, 1.54) is 19.0 Å². The van der Waals surface area contributed by atoms with Gasteiger partial charge in [0, 0.05) is 36.8 Å². The van der Waals surface area contributed by atoms with Gasteiger partial charge < -0.3 is 5.32 Å². The summed E-state index contributed by atoms with van der Waals surface area (Å²) in [5, 5.41) is 6.85. The Kier molecular flexibility index (Phi) is 6.02. The molecule has 0 spiro atoms. The maximum atomic E-state index is 12.8. The van der Waals surface area contributed by atoms with Gasteiger partial charge in [-0.1, -0.05) is 24.3 Å². The van der Waals surface area contributed by atoms with E-state index in [0.717, 1.165) is 28.3 Å². The molecule has 0 atom stereocenters. The average Bonchev–Trinajstić information content (AvgIpc) is 3.58. The number of hydrogen-bond donors (Lipinski definition) is 1. The van der Waals surface area contributed by atoms with Crippen molar-refractivity contribution in [1.82, 2.24) is 24.7 Å². The number of aromatic nitrogens is 5. The Morgan fingerprint density at radius 1 is 0.971 bits per heavy atom. The summed E-state index contributed by atoms with van der Waals surface area (Å²) in [6.07, 6.45) is 7.79. The molecule has 0 saturated heterocycles. The van der Waals surface area contributed by atoms with Crippen LogP contribution in [0.5, 0.6) is 0 Å². The smallest absolute Gasteiger partial charge is 0.324 e. The molecular weight excluding hydrogens is 457 g/mol. The van der Waals surface area contributed by atoms with E-state index in [1.54, 1.807) is 24.5 Å². The summed E-state index contributed by atoms with van der Waals surface area (Å²) in [5.74, 6) is 0.276. The van der Waals surface area contributed by atoms with Crippen molar-refractivity contribution in [3.8, 4) is 11.1 Å². The topological polar surface area (TPSA) is 85.6 Å². The van der Waals surface area contributed by atoms with Gasteiger partial charge in [-0.15, -0.1) is 0 Å². The summed E-state index contributed by atoms with van der Waals surface area (Å²) in [4.78, 5) is 24.8. The zero-order chi connectivity index (χ0) is 24.4. The Hall–Kier alpha value is -4.08. The number of anilines is 1. The van der Waals surface area contributed by atoms with Gasteiger partial charge >= 0.3 is 6.18 Å². The van der Waals surface area contributed by atoms with E-state index in [9.17, 15) is 18.0 Å². The number of rotatable bonds is 7. The number of nitrogens with one attached hydrogen (secondary N) is 1. The van der Waals surface area contributed by atoms with Crippen LogP contribution >= 0.6 is 0 Å². The molecule has 1 N–H and O–H groups in total. The molecule has 5 rings (SSSR count). The predicted molar refractivity (Wildman–Crippen MR) is 122 cm³/mol. The first-order chi connectivity index (χ1) is 16.8. The van der Waals surface area contributed by atoms with Crippen molar-refractivity contribution in [2.75, 3.05) is 5.32 Å². The van der Waals surface area contributed by atoms with E-state index < -0.39 is 17.6 Å². The molecule has 35 heavy (non-hydrogen) atoms. The largest absolute Gasteiger partial charge is 0.417 e. The Morgan fingerprint density at radius 2 is 1.71 bits per heavy atom. The summed E-state index contributed by atoms with van der Waals surface area (Å²) >= 11 is 0. The van der Waals surface area contributed by atoms with Gasteiger partial charge in [-0.3, -0.25) is 14.5 Å². The molecular formula is C25H21F3N6O. The van der Waals surface area contributed by atoms with Gasteiger partial charge in [0.15, 0.2) is 0 Å². The predicted octanol–water partition coefficient (Wildman–Crippen LogP) is 4.86. The fourth-order valence-corrected chi connectivity index (χ4v) is 3.65. The van der Waals surface area contributed by atoms with Gasteiger partial charge in [0.05, 0.1) is 36.1 Å². The monoisotopic (exact) mass is 478 g/mol. The fourth-order valence-electron chi connectivity index (χ4n) is 3.65. The normalized spacial score (nSPS) is 13.6. The second-order valence-corrected chi connectivity index (χ2v) is 8.51. The lowest BCUT2D eigenvalue weighted by molar-refractivity contribution is -0.137. The summed E-state index contributed by atoms with van der Waals surface area (Å²) in [5.41, 5.74) is 2.61. The number of halogens is 3. The number of carbonyl (C=O) groups excluding carboxylic acids is 1. The maximum Gasteiger partial charge on any atom is 0.417 e. The molecule has 0 aliphatic heterocycles. The zero-order valence-electron chi connectivity index (χ0n) is 18.5. The fraction of sp³-hybridized carbons (Fsp3) is 0.240. The van der Waals surface area contributed by atoms with Crippen LogP contribution in [0.4, 0.5) is 18.9 Å². The van der Waals surface area contributed by atoms with Crippen LogP contribution < -0.4 is 5.32 Å². The standard InChI is InChI=1S/C25H21F3N6O/c26-25(27,28)20-9-21(14-29-13-20)33-24(35)8-16-1-3-18(4-2-16)19-11-30-23(31-12-19)7-17-10-32-34(15-17)22-5-6-22/h1-4,9-15,22H,5-8H2,(H,33,35). The third kappa shape index (κ3) is 5.71. The highest BCUT2D eigenvalue weighted by Crippen LogP contribution is 2.34. The van der Waals surface area contributed by atoms with Crippen molar-refractivity contribution < 1.29 is 18.0 Å². The van der Waals surface area contributed by atoms with Gasteiger partial charge in [-0.25, -0.2) is 9.97 Å². The van der Waals surface area contributed by atoms with Crippen molar-refractivity contribution in [3.05, 3.63) is 90.0 Å². The number of carbonyl (C=O) groups is 1. The highest BCUT2D eigenvalue weighted by molar-refractivity contribution is 5.92. The summed E-state index contributed by atoms with van der Waals surface area (Å²) < 4.78 is 40.4. The third-order valence-electron chi connectivity index (χ3n) is 5.64. The second-order valence-electron chi connectivity index (χ2n) is 8.51. The first kappa shape index (κ1) is 22.7. The van der Waals surface area contributed by atoms with Crippen molar-refractivity contribution in [2.45, 2.75) is 37.9 Å². The molecule has 4 aromatic rings.